The van der Waals surface area contributed by atoms with Crippen LogP contribution in [0, 0.1) is 0 Å². The van der Waals surface area contributed by atoms with Crippen molar-refractivity contribution in [1.82, 2.24) is 0 Å². The first-order valence-corrected chi connectivity index (χ1v) is 9.64. The lowest BCUT2D eigenvalue weighted by molar-refractivity contribution is -0.112. The zero-order valence-corrected chi connectivity index (χ0v) is 15.6. The second kappa shape index (κ2) is 6.74. The number of aliphatic hydroxyl groups is 1. The minimum absolute atomic E-state index is 0.0714. The molecule has 5 rings (SSSR count). The van der Waals surface area contributed by atoms with E-state index in [-0.39, 0.29) is 16.9 Å². The molecule has 1 aliphatic carbocycles. The van der Waals surface area contributed by atoms with Gasteiger partial charge in [0.25, 0.3) is 0 Å². The predicted octanol–water partition coefficient (Wildman–Crippen LogP) is 5.64. The van der Waals surface area contributed by atoms with Gasteiger partial charge in [-0.25, -0.2) is 0 Å². The van der Waals surface area contributed by atoms with Gasteiger partial charge in [0.1, 0.15) is 16.9 Å². The molecule has 29 heavy (non-hydrogen) atoms. The maximum atomic E-state index is 12.4. The number of para-hydroxylation sites is 1. The summed E-state index contributed by atoms with van der Waals surface area (Å²) in [6.45, 7) is 0. The highest BCUT2D eigenvalue weighted by molar-refractivity contribution is 6.52. The summed E-state index contributed by atoms with van der Waals surface area (Å²) in [7, 11) is 0. The standard InChI is InChI=1S/C25H18O4/c26-23-18-8-1-2-9-19(18)24(27)25(28)20(23)10-5-6-15-12-13-17-16-7-3-4-11-21(16)29-22(17)14-15/h1-4,7-9,11-14,26H,5-6,10H2. The molecule has 4 nitrogen and oxygen atoms in total. The average Bonchev–Trinajstić information content (AvgIpc) is 3.12. The molecule has 0 atom stereocenters. The molecule has 0 spiro atoms. The number of furan rings is 1. The fourth-order valence-electron chi connectivity index (χ4n) is 4.04. The number of Topliss-reactive ketones (excluding diaryl/α,β-unsaturated/α-hetero) is 2. The van der Waals surface area contributed by atoms with E-state index in [4.69, 9.17) is 4.42 Å². The predicted molar refractivity (Wildman–Crippen MR) is 112 cm³/mol. The van der Waals surface area contributed by atoms with E-state index in [1.807, 2.05) is 30.3 Å². The molecule has 0 fully saturated rings. The van der Waals surface area contributed by atoms with Gasteiger partial charge in [-0.15, -0.1) is 0 Å². The highest BCUT2D eigenvalue weighted by Crippen LogP contribution is 2.31. The normalized spacial score (nSPS) is 14.1. The molecule has 4 aromatic rings. The first kappa shape index (κ1) is 17.4. The lowest BCUT2D eigenvalue weighted by Crippen LogP contribution is -2.24. The number of aliphatic hydroxyl groups excluding tert-OH is 1. The summed E-state index contributed by atoms with van der Waals surface area (Å²) < 4.78 is 5.93. The van der Waals surface area contributed by atoms with Crippen LogP contribution in [0.5, 0.6) is 0 Å². The molecule has 0 radical (unpaired) electrons. The van der Waals surface area contributed by atoms with Crippen LogP contribution < -0.4 is 0 Å². The van der Waals surface area contributed by atoms with Crippen LogP contribution in [0.25, 0.3) is 27.7 Å². The molecule has 1 N–H and O–H groups in total. The van der Waals surface area contributed by atoms with E-state index in [0.29, 0.717) is 24.8 Å². The number of rotatable bonds is 4. The number of allylic oxidation sites excluding steroid dienone is 1. The molecule has 0 saturated carbocycles. The highest BCUT2D eigenvalue weighted by atomic mass is 16.3. The van der Waals surface area contributed by atoms with Crippen LogP contribution >= 0.6 is 0 Å². The Labute approximate surface area is 167 Å². The lowest BCUT2D eigenvalue weighted by atomic mass is 9.86. The number of aryl methyl sites for hydroxylation is 1. The van der Waals surface area contributed by atoms with Crippen molar-refractivity contribution in [3.63, 3.8) is 0 Å². The molecule has 0 amide bonds. The van der Waals surface area contributed by atoms with E-state index in [0.717, 1.165) is 27.5 Å². The summed E-state index contributed by atoms with van der Waals surface area (Å²) in [5.41, 5.74) is 3.71. The Hall–Kier alpha value is -3.66. The SMILES string of the molecule is O=C1C(=O)c2ccccc2C(O)=C1CCCc1ccc2c(c1)oc1ccccc12. The van der Waals surface area contributed by atoms with Gasteiger partial charge in [-0.1, -0.05) is 54.6 Å². The van der Waals surface area contributed by atoms with Crippen molar-refractivity contribution >= 4 is 39.3 Å². The Morgan fingerprint density at radius 3 is 2.31 bits per heavy atom. The number of carbonyl (C=O) groups excluding carboxylic acids is 2. The third-order valence-corrected chi connectivity index (χ3v) is 5.53. The number of hydrogen-bond donors (Lipinski definition) is 1. The van der Waals surface area contributed by atoms with Crippen LogP contribution in [0.2, 0.25) is 0 Å². The fraction of sp³-hybridized carbons (Fsp3) is 0.120. The summed E-state index contributed by atoms with van der Waals surface area (Å²) in [4.78, 5) is 24.8. The Bertz CT molecular complexity index is 1320. The summed E-state index contributed by atoms with van der Waals surface area (Å²) >= 11 is 0. The Morgan fingerprint density at radius 2 is 1.45 bits per heavy atom. The Balaban J connectivity index is 1.37. The Morgan fingerprint density at radius 1 is 0.724 bits per heavy atom. The van der Waals surface area contributed by atoms with E-state index in [2.05, 4.69) is 12.1 Å². The zero-order valence-electron chi connectivity index (χ0n) is 15.6. The van der Waals surface area contributed by atoms with Gasteiger partial charge in [-0.05, 0) is 37.0 Å². The van der Waals surface area contributed by atoms with Gasteiger partial charge in [0, 0.05) is 27.5 Å². The van der Waals surface area contributed by atoms with Crippen molar-refractivity contribution in [1.29, 1.82) is 0 Å². The van der Waals surface area contributed by atoms with Crippen LogP contribution in [0.15, 0.2) is 76.7 Å². The van der Waals surface area contributed by atoms with Gasteiger partial charge >= 0.3 is 0 Å². The molecule has 1 aliphatic rings. The van der Waals surface area contributed by atoms with E-state index < -0.39 is 11.6 Å². The topological polar surface area (TPSA) is 67.5 Å². The molecule has 4 heteroatoms. The highest BCUT2D eigenvalue weighted by Gasteiger charge is 2.31. The summed E-state index contributed by atoms with van der Waals surface area (Å²) in [5.74, 6) is -1.22. The second-order valence-electron chi connectivity index (χ2n) is 7.31. The fourth-order valence-corrected chi connectivity index (χ4v) is 4.04. The monoisotopic (exact) mass is 382 g/mol. The van der Waals surface area contributed by atoms with E-state index in [1.54, 1.807) is 24.3 Å². The van der Waals surface area contributed by atoms with Gasteiger partial charge < -0.3 is 9.52 Å². The number of ketones is 2. The largest absolute Gasteiger partial charge is 0.507 e. The molecule has 0 unspecified atom stereocenters. The molecule has 0 bridgehead atoms. The minimum Gasteiger partial charge on any atom is -0.507 e. The van der Waals surface area contributed by atoms with Crippen molar-refractivity contribution in [2.45, 2.75) is 19.3 Å². The maximum Gasteiger partial charge on any atom is 0.234 e. The van der Waals surface area contributed by atoms with Gasteiger partial charge in [0.05, 0.1) is 0 Å². The number of hydrogen-bond acceptors (Lipinski definition) is 4. The molecule has 0 saturated heterocycles. The Kier molecular flexibility index (Phi) is 4.06. The summed E-state index contributed by atoms with van der Waals surface area (Å²) in [6, 6.07) is 20.8. The molecular formula is C25H18O4. The summed E-state index contributed by atoms with van der Waals surface area (Å²) in [5, 5.41) is 12.7. The third kappa shape index (κ3) is 2.85. The number of fused-ring (bicyclic) bond motifs is 4. The van der Waals surface area contributed by atoms with E-state index in [1.165, 1.54) is 0 Å². The average molecular weight is 382 g/mol. The van der Waals surface area contributed by atoms with E-state index >= 15 is 0 Å². The van der Waals surface area contributed by atoms with Crippen LogP contribution in [0.1, 0.15) is 34.3 Å². The first-order chi connectivity index (χ1) is 14.1. The number of benzene rings is 3. The van der Waals surface area contributed by atoms with Crippen molar-refractivity contribution < 1.29 is 19.1 Å². The lowest BCUT2D eigenvalue weighted by Gasteiger charge is -2.17. The van der Waals surface area contributed by atoms with Crippen molar-refractivity contribution in [3.05, 3.63) is 89.0 Å². The van der Waals surface area contributed by atoms with Gasteiger partial charge in [0.15, 0.2) is 0 Å². The zero-order chi connectivity index (χ0) is 20.0. The van der Waals surface area contributed by atoms with Gasteiger partial charge in [-0.2, -0.15) is 0 Å². The van der Waals surface area contributed by atoms with Crippen LogP contribution in [0.4, 0.5) is 0 Å². The van der Waals surface area contributed by atoms with Crippen LogP contribution in [-0.4, -0.2) is 16.7 Å². The van der Waals surface area contributed by atoms with Crippen LogP contribution in [-0.2, 0) is 11.2 Å². The molecule has 0 aliphatic heterocycles. The van der Waals surface area contributed by atoms with Crippen LogP contribution in [0.3, 0.4) is 0 Å². The minimum atomic E-state index is -0.603. The second-order valence-corrected chi connectivity index (χ2v) is 7.31. The maximum absolute atomic E-state index is 12.4. The molecule has 1 heterocycles. The summed E-state index contributed by atoms with van der Waals surface area (Å²) in [6.07, 6.45) is 1.71. The van der Waals surface area contributed by atoms with Crippen molar-refractivity contribution in [2.75, 3.05) is 0 Å². The van der Waals surface area contributed by atoms with Gasteiger partial charge in [-0.3, -0.25) is 9.59 Å². The van der Waals surface area contributed by atoms with E-state index in [9.17, 15) is 14.7 Å². The molecular weight excluding hydrogens is 364 g/mol. The first-order valence-electron chi connectivity index (χ1n) is 9.64. The third-order valence-electron chi connectivity index (χ3n) is 5.53. The van der Waals surface area contributed by atoms with Crippen molar-refractivity contribution in [3.8, 4) is 0 Å². The van der Waals surface area contributed by atoms with Gasteiger partial charge in [0.2, 0.25) is 11.6 Å². The van der Waals surface area contributed by atoms with Crippen molar-refractivity contribution in [2.24, 2.45) is 0 Å². The smallest absolute Gasteiger partial charge is 0.234 e. The molecule has 1 aromatic heterocycles. The molecule has 142 valence electrons. The molecule has 3 aromatic carbocycles. The number of carbonyl (C=O) groups is 2. The quantitative estimate of drug-likeness (QED) is 0.464.